The Balaban J connectivity index is 2.24. The Morgan fingerprint density at radius 3 is 2.33 bits per heavy atom. The van der Waals surface area contributed by atoms with Gasteiger partial charge in [0.1, 0.15) is 0 Å². The van der Waals surface area contributed by atoms with Gasteiger partial charge in [-0.1, -0.05) is 12.1 Å². The summed E-state index contributed by atoms with van der Waals surface area (Å²) in [4.78, 5) is 12.5. The number of hydrogen-bond donors (Lipinski definition) is 2. The number of rotatable bonds is 5. The zero-order valence-electron chi connectivity index (χ0n) is 14.3. The Hall–Kier alpha value is -2.18. The maximum Gasteiger partial charge on any atom is 0.255 e. The second-order valence-corrected chi connectivity index (χ2v) is 7.77. The maximum absolute atomic E-state index is 12.4. The van der Waals surface area contributed by atoms with Crippen LogP contribution in [0.15, 0.2) is 47.4 Å². The van der Waals surface area contributed by atoms with Crippen LogP contribution >= 0.6 is 0 Å². The van der Waals surface area contributed by atoms with Gasteiger partial charge >= 0.3 is 0 Å². The van der Waals surface area contributed by atoms with Crippen LogP contribution in [0.4, 0.5) is 5.69 Å². The number of aryl methyl sites for hydroxylation is 2. The van der Waals surface area contributed by atoms with Gasteiger partial charge in [-0.2, -0.15) is 0 Å². The fourth-order valence-electron chi connectivity index (χ4n) is 2.21. The zero-order valence-corrected chi connectivity index (χ0v) is 15.1. The normalized spacial score (nSPS) is 11.5. The van der Waals surface area contributed by atoms with Crippen molar-refractivity contribution in [1.82, 2.24) is 4.72 Å². The molecule has 6 heteroatoms. The molecule has 0 aliphatic heterocycles. The van der Waals surface area contributed by atoms with Gasteiger partial charge in [-0.25, -0.2) is 13.1 Å². The Kier molecular flexibility index (Phi) is 5.41. The van der Waals surface area contributed by atoms with Gasteiger partial charge in [0.15, 0.2) is 0 Å². The fraction of sp³-hybridized carbons (Fsp3) is 0.278. The molecule has 0 aromatic heterocycles. The quantitative estimate of drug-likeness (QED) is 0.873. The standard InChI is InChI=1S/C18H22N2O3S/c1-12(2)20-24(22,23)17-7-5-6-15(11-17)18(21)19-16-9-8-13(3)14(4)10-16/h5-12,20H,1-4H3,(H,19,21). The number of anilines is 1. The molecule has 128 valence electrons. The zero-order chi connectivity index (χ0) is 17.9. The summed E-state index contributed by atoms with van der Waals surface area (Å²) in [5.74, 6) is -0.347. The molecule has 0 saturated heterocycles. The first-order valence-electron chi connectivity index (χ1n) is 7.70. The highest BCUT2D eigenvalue weighted by Crippen LogP contribution is 2.17. The molecule has 0 heterocycles. The average molecular weight is 346 g/mol. The largest absolute Gasteiger partial charge is 0.322 e. The second-order valence-electron chi connectivity index (χ2n) is 6.06. The Morgan fingerprint density at radius 1 is 1.00 bits per heavy atom. The molecule has 1 amide bonds. The first kappa shape index (κ1) is 18.2. The molecule has 0 saturated carbocycles. The Morgan fingerprint density at radius 2 is 1.71 bits per heavy atom. The van der Waals surface area contributed by atoms with Crippen LogP contribution in [0.5, 0.6) is 0 Å². The van der Waals surface area contributed by atoms with E-state index in [1.807, 2.05) is 32.0 Å². The number of carbonyl (C=O) groups is 1. The summed E-state index contributed by atoms with van der Waals surface area (Å²) < 4.78 is 26.9. The van der Waals surface area contributed by atoms with Crippen LogP contribution in [-0.4, -0.2) is 20.4 Å². The van der Waals surface area contributed by atoms with Gasteiger partial charge in [-0.3, -0.25) is 4.79 Å². The number of benzene rings is 2. The van der Waals surface area contributed by atoms with E-state index in [0.717, 1.165) is 11.1 Å². The van der Waals surface area contributed by atoms with Crippen molar-refractivity contribution in [2.24, 2.45) is 0 Å². The van der Waals surface area contributed by atoms with Gasteiger partial charge in [0.25, 0.3) is 5.91 Å². The predicted molar refractivity (Wildman–Crippen MR) is 95.8 cm³/mol. The van der Waals surface area contributed by atoms with Crippen molar-refractivity contribution < 1.29 is 13.2 Å². The van der Waals surface area contributed by atoms with Crippen molar-refractivity contribution in [3.05, 3.63) is 59.2 Å². The van der Waals surface area contributed by atoms with Crippen LogP contribution in [0.2, 0.25) is 0 Å². The van der Waals surface area contributed by atoms with E-state index >= 15 is 0 Å². The summed E-state index contributed by atoms with van der Waals surface area (Å²) in [7, 11) is -3.63. The van der Waals surface area contributed by atoms with E-state index in [9.17, 15) is 13.2 Å². The molecule has 0 spiro atoms. The number of sulfonamides is 1. The summed E-state index contributed by atoms with van der Waals surface area (Å²) in [5.41, 5.74) is 3.18. The van der Waals surface area contributed by atoms with Crippen LogP contribution < -0.4 is 10.0 Å². The average Bonchev–Trinajstić information content (AvgIpc) is 2.50. The molecule has 2 rings (SSSR count). The summed E-state index contributed by atoms with van der Waals surface area (Å²) in [6.07, 6.45) is 0. The topological polar surface area (TPSA) is 75.3 Å². The van der Waals surface area contributed by atoms with Gasteiger partial charge in [0.05, 0.1) is 4.90 Å². The summed E-state index contributed by atoms with van der Waals surface area (Å²) in [6.45, 7) is 7.45. The van der Waals surface area contributed by atoms with E-state index in [4.69, 9.17) is 0 Å². The highest BCUT2D eigenvalue weighted by atomic mass is 32.2. The molecule has 24 heavy (non-hydrogen) atoms. The number of amides is 1. The third-order valence-electron chi connectivity index (χ3n) is 3.56. The molecule has 0 aliphatic carbocycles. The summed E-state index contributed by atoms with van der Waals surface area (Å²) in [6, 6.07) is 11.4. The van der Waals surface area contributed by atoms with Crippen molar-refractivity contribution in [2.45, 2.75) is 38.6 Å². The fourth-order valence-corrected chi connectivity index (χ4v) is 3.50. The Labute approximate surface area is 143 Å². The minimum Gasteiger partial charge on any atom is -0.322 e. The lowest BCUT2D eigenvalue weighted by atomic mass is 10.1. The highest BCUT2D eigenvalue weighted by molar-refractivity contribution is 7.89. The van der Waals surface area contributed by atoms with Crippen LogP contribution in [0.3, 0.4) is 0 Å². The van der Waals surface area contributed by atoms with Crippen molar-refractivity contribution in [1.29, 1.82) is 0 Å². The van der Waals surface area contributed by atoms with Crippen molar-refractivity contribution in [2.75, 3.05) is 5.32 Å². The van der Waals surface area contributed by atoms with Gasteiger partial charge in [-0.15, -0.1) is 0 Å². The third-order valence-corrected chi connectivity index (χ3v) is 5.22. The molecule has 0 atom stereocenters. The lowest BCUT2D eigenvalue weighted by Crippen LogP contribution is -2.30. The molecule has 0 fully saturated rings. The second kappa shape index (κ2) is 7.15. The van der Waals surface area contributed by atoms with Crippen molar-refractivity contribution >= 4 is 21.6 Å². The molecular weight excluding hydrogens is 324 g/mol. The number of carbonyl (C=O) groups excluding carboxylic acids is 1. The molecule has 2 aromatic carbocycles. The van der Waals surface area contributed by atoms with Crippen LogP contribution in [0, 0.1) is 13.8 Å². The smallest absolute Gasteiger partial charge is 0.255 e. The molecule has 0 unspecified atom stereocenters. The molecule has 0 aliphatic rings. The first-order valence-corrected chi connectivity index (χ1v) is 9.18. The Bertz CT molecular complexity index is 858. The van der Waals surface area contributed by atoms with Gasteiger partial charge in [-0.05, 0) is 69.2 Å². The van der Waals surface area contributed by atoms with Crippen LogP contribution in [0.25, 0.3) is 0 Å². The van der Waals surface area contributed by atoms with E-state index in [2.05, 4.69) is 10.0 Å². The van der Waals surface area contributed by atoms with E-state index in [-0.39, 0.29) is 16.8 Å². The molecule has 5 nitrogen and oxygen atoms in total. The SMILES string of the molecule is Cc1ccc(NC(=O)c2cccc(S(=O)(=O)NC(C)C)c2)cc1C. The van der Waals surface area contributed by atoms with E-state index in [0.29, 0.717) is 11.3 Å². The number of hydrogen-bond acceptors (Lipinski definition) is 3. The van der Waals surface area contributed by atoms with Gasteiger partial charge in [0.2, 0.25) is 10.0 Å². The highest BCUT2D eigenvalue weighted by Gasteiger charge is 2.17. The summed E-state index contributed by atoms with van der Waals surface area (Å²) >= 11 is 0. The molecular formula is C18H22N2O3S. The van der Waals surface area contributed by atoms with Crippen LogP contribution in [-0.2, 0) is 10.0 Å². The minimum absolute atomic E-state index is 0.0731. The monoisotopic (exact) mass is 346 g/mol. The van der Waals surface area contributed by atoms with Crippen LogP contribution in [0.1, 0.15) is 35.3 Å². The number of nitrogens with one attached hydrogen (secondary N) is 2. The van der Waals surface area contributed by atoms with E-state index < -0.39 is 10.0 Å². The summed E-state index contributed by atoms with van der Waals surface area (Å²) in [5, 5.41) is 2.79. The lowest BCUT2D eigenvalue weighted by Gasteiger charge is -2.11. The first-order chi connectivity index (χ1) is 11.2. The minimum atomic E-state index is -3.63. The van der Waals surface area contributed by atoms with Gasteiger partial charge in [0, 0.05) is 17.3 Å². The molecule has 0 radical (unpaired) electrons. The molecule has 0 bridgehead atoms. The molecule has 2 aromatic rings. The molecule has 2 N–H and O–H groups in total. The predicted octanol–water partition coefficient (Wildman–Crippen LogP) is 3.24. The van der Waals surface area contributed by atoms with Gasteiger partial charge < -0.3 is 5.32 Å². The van der Waals surface area contributed by atoms with Crippen molar-refractivity contribution in [3.63, 3.8) is 0 Å². The van der Waals surface area contributed by atoms with Crippen molar-refractivity contribution in [3.8, 4) is 0 Å². The lowest BCUT2D eigenvalue weighted by molar-refractivity contribution is 0.102. The maximum atomic E-state index is 12.4. The van der Waals surface area contributed by atoms with E-state index in [1.54, 1.807) is 26.0 Å². The van der Waals surface area contributed by atoms with E-state index in [1.165, 1.54) is 12.1 Å². The third kappa shape index (κ3) is 4.43.